The highest BCUT2D eigenvalue weighted by atomic mass is 35.5. The van der Waals surface area contributed by atoms with Gasteiger partial charge in [-0.2, -0.15) is 5.26 Å². The molecule has 3 aromatic rings. The van der Waals surface area contributed by atoms with Crippen molar-refractivity contribution in [3.63, 3.8) is 0 Å². The first kappa shape index (κ1) is 35.6. The number of carbonyl (C=O) groups excluding carboxylic acids is 3. The number of methoxy groups -OCH3 is 1. The number of nitriles is 1. The third kappa shape index (κ3) is 6.00. The van der Waals surface area contributed by atoms with E-state index in [9.17, 15) is 19.6 Å². The summed E-state index contributed by atoms with van der Waals surface area (Å²) >= 11 is 5.95. The molecule has 1 saturated heterocycles. The Kier molecular flexibility index (Phi) is 9.78. The van der Waals surface area contributed by atoms with Gasteiger partial charge in [0.15, 0.2) is 23.0 Å². The molecule has 0 saturated carbocycles. The van der Waals surface area contributed by atoms with Crippen molar-refractivity contribution in [1.82, 2.24) is 15.1 Å². The first-order chi connectivity index (χ1) is 25.1. The zero-order valence-corrected chi connectivity index (χ0v) is 30.5. The predicted octanol–water partition coefficient (Wildman–Crippen LogP) is 4.63. The highest BCUT2D eigenvalue weighted by Gasteiger charge is 2.57. The van der Waals surface area contributed by atoms with Crippen LogP contribution in [-0.2, 0) is 33.6 Å². The van der Waals surface area contributed by atoms with Crippen molar-refractivity contribution >= 4 is 29.4 Å². The molecule has 0 aliphatic carbocycles. The van der Waals surface area contributed by atoms with E-state index in [4.69, 9.17) is 35.3 Å². The molecule has 5 atom stereocenters. The lowest BCUT2D eigenvalue weighted by molar-refractivity contribution is -0.132. The Labute approximate surface area is 307 Å². The van der Waals surface area contributed by atoms with Crippen LogP contribution in [0.2, 0.25) is 0 Å². The fourth-order valence-corrected chi connectivity index (χ4v) is 8.79. The number of aryl methyl sites for hydroxylation is 2. The number of halogens is 1. The number of carbonyl (C=O) groups is 3. The molecule has 0 spiro atoms. The van der Waals surface area contributed by atoms with Crippen molar-refractivity contribution in [3.05, 3.63) is 75.3 Å². The number of nitrogens with one attached hydrogen (secondary N) is 1. The first-order valence-electron chi connectivity index (χ1n) is 17.4. The number of rotatable bonds is 9. The topological polar surface area (TPSA) is 140 Å². The SMILES string of the molecule is COc1c(C)cc2c(c1OC(C)=O)[C@H]1C3Cc4c(OC(=O)CCl)c(C)c5c(c4[C@H](CNC(=O)CCc4ccccc4)N3[C@@H](C#N)[C@@H](C2)N1C)OCO5. The number of hydrogen-bond acceptors (Lipinski definition) is 11. The van der Waals surface area contributed by atoms with Crippen molar-refractivity contribution in [2.24, 2.45) is 0 Å². The summed E-state index contributed by atoms with van der Waals surface area (Å²) in [5, 5.41) is 14.1. The molecule has 0 radical (unpaired) electrons. The normalized spacial score (nSPS) is 22.7. The number of likely N-dealkylation sites (N-methyl/N-ethyl adjacent to an activating group) is 1. The summed E-state index contributed by atoms with van der Waals surface area (Å²) in [5.41, 5.74) is 5.62. The summed E-state index contributed by atoms with van der Waals surface area (Å²) in [6.45, 7) is 5.17. The minimum Gasteiger partial charge on any atom is -0.493 e. The Morgan fingerprint density at radius 1 is 1.02 bits per heavy atom. The van der Waals surface area contributed by atoms with Crippen LogP contribution in [0.15, 0.2) is 36.4 Å². The van der Waals surface area contributed by atoms with Crippen LogP contribution in [0.3, 0.4) is 0 Å². The van der Waals surface area contributed by atoms with E-state index >= 15 is 0 Å². The number of piperazine rings is 1. The summed E-state index contributed by atoms with van der Waals surface area (Å²) in [6, 6.07) is 12.2. The zero-order chi connectivity index (χ0) is 36.8. The smallest absolute Gasteiger partial charge is 0.326 e. The maximum Gasteiger partial charge on any atom is 0.326 e. The molecule has 1 N–H and O–H groups in total. The van der Waals surface area contributed by atoms with E-state index in [2.05, 4.69) is 27.3 Å². The van der Waals surface area contributed by atoms with Gasteiger partial charge in [0.1, 0.15) is 17.7 Å². The van der Waals surface area contributed by atoms with Crippen LogP contribution in [0.25, 0.3) is 0 Å². The Morgan fingerprint density at radius 2 is 1.77 bits per heavy atom. The molecule has 272 valence electrons. The van der Waals surface area contributed by atoms with Gasteiger partial charge in [-0.1, -0.05) is 36.4 Å². The molecular weight excluding hydrogens is 688 g/mol. The molecule has 3 aromatic carbocycles. The highest BCUT2D eigenvalue weighted by Crippen LogP contribution is 2.58. The van der Waals surface area contributed by atoms with Gasteiger partial charge in [0, 0.05) is 54.2 Å². The van der Waals surface area contributed by atoms with Crippen molar-refractivity contribution in [2.45, 2.75) is 76.7 Å². The Morgan fingerprint density at radius 3 is 2.46 bits per heavy atom. The second-order valence-corrected chi connectivity index (χ2v) is 14.0. The lowest BCUT2D eigenvalue weighted by atomic mass is 9.71. The van der Waals surface area contributed by atoms with Crippen LogP contribution in [-0.4, -0.2) is 79.1 Å². The Hall–Kier alpha value is -4.83. The van der Waals surface area contributed by atoms with E-state index in [-0.39, 0.29) is 37.6 Å². The number of alkyl halides is 1. The maximum absolute atomic E-state index is 13.5. The lowest BCUT2D eigenvalue weighted by Crippen LogP contribution is -2.68. The minimum atomic E-state index is -0.630. The standard InChI is InChI=1S/C39H41ClN4O8/c1-20-13-24-14-26-28(17-41)44-27(34(43(26)4)32(24)39(35(20)48-5)51-22(3)45)15-25-33(29(44)18-42-30(46)12-11-23-9-7-6-8-10-23)38-37(49-19-50-38)21(2)36(25)52-31(47)16-40/h6-10,13,26-29,34H,11-12,14-16,18-19H2,1-5H3,(H,42,46)/t26-,27?,28+,29+,34-/m1/s1. The van der Waals surface area contributed by atoms with Crippen molar-refractivity contribution in [2.75, 3.05) is 33.4 Å². The number of hydrogen-bond donors (Lipinski definition) is 1. The average molecular weight is 729 g/mol. The van der Waals surface area contributed by atoms with Gasteiger partial charge in [-0.3, -0.25) is 24.2 Å². The number of benzene rings is 3. The first-order valence-corrected chi connectivity index (χ1v) is 17.9. The van der Waals surface area contributed by atoms with Gasteiger partial charge >= 0.3 is 11.9 Å². The van der Waals surface area contributed by atoms with E-state index in [1.165, 1.54) is 6.92 Å². The lowest BCUT2D eigenvalue weighted by Gasteiger charge is -2.60. The van der Waals surface area contributed by atoms with Crippen LogP contribution in [0, 0.1) is 25.2 Å². The molecule has 4 aliphatic heterocycles. The summed E-state index contributed by atoms with van der Waals surface area (Å²) in [6.07, 6.45) is 1.67. The second kappa shape index (κ2) is 14.3. The maximum atomic E-state index is 13.5. The number of fused-ring (bicyclic) bond motifs is 9. The van der Waals surface area contributed by atoms with E-state index in [0.29, 0.717) is 64.7 Å². The number of esters is 2. The van der Waals surface area contributed by atoms with Gasteiger partial charge < -0.3 is 29.0 Å². The molecule has 4 heterocycles. The second-order valence-electron chi connectivity index (χ2n) is 13.7. The summed E-state index contributed by atoms with van der Waals surface area (Å²) in [5.74, 6) is 0.457. The van der Waals surface area contributed by atoms with Crippen LogP contribution in [0.1, 0.15) is 64.4 Å². The number of amides is 1. The van der Waals surface area contributed by atoms with E-state index in [1.807, 2.05) is 44.3 Å². The largest absolute Gasteiger partial charge is 0.493 e. The molecule has 1 unspecified atom stereocenters. The zero-order valence-electron chi connectivity index (χ0n) is 29.8. The van der Waals surface area contributed by atoms with E-state index < -0.39 is 36.1 Å². The van der Waals surface area contributed by atoms with Gasteiger partial charge in [-0.15, -0.1) is 11.6 Å². The summed E-state index contributed by atoms with van der Waals surface area (Å²) in [4.78, 5) is 43.2. The van der Waals surface area contributed by atoms with Gasteiger partial charge in [-0.05, 0) is 56.8 Å². The molecule has 1 amide bonds. The molecule has 1 fully saturated rings. The number of nitrogens with zero attached hydrogens (tertiary/aromatic N) is 3. The Bertz CT molecular complexity index is 1980. The van der Waals surface area contributed by atoms with Gasteiger partial charge in [0.05, 0.1) is 25.3 Å². The average Bonchev–Trinajstić information content (AvgIpc) is 3.62. The molecule has 52 heavy (non-hydrogen) atoms. The van der Waals surface area contributed by atoms with E-state index in [0.717, 1.165) is 22.3 Å². The fourth-order valence-electron chi connectivity index (χ4n) is 8.73. The minimum absolute atomic E-state index is 0.0387. The molecular formula is C39H41ClN4O8. The van der Waals surface area contributed by atoms with Crippen LogP contribution >= 0.6 is 11.6 Å². The van der Waals surface area contributed by atoms with Crippen LogP contribution in [0.4, 0.5) is 0 Å². The third-order valence-electron chi connectivity index (χ3n) is 10.8. The van der Waals surface area contributed by atoms with Gasteiger partial charge in [0.25, 0.3) is 0 Å². The molecule has 0 aromatic heterocycles. The van der Waals surface area contributed by atoms with Crippen LogP contribution in [0.5, 0.6) is 28.7 Å². The highest BCUT2D eigenvalue weighted by molar-refractivity contribution is 6.26. The fraction of sp³-hybridized carbons (Fsp3) is 0.436. The predicted molar refractivity (Wildman–Crippen MR) is 190 cm³/mol. The number of ether oxygens (including phenoxy) is 5. The van der Waals surface area contributed by atoms with Crippen molar-refractivity contribution in [3.8, 4) is 34.8 Å². The molecule has 12 nitrogen and oxygen atoms in total. The molecule has 13 heteroatoms. The molecule has 4 aliphatic rings. The summed E-state index contributed by atoms with van der Waals surface area (Å²) in [7, 11) is 3.53. The summed E-state index contributed by atoms with van der Waals surface area (Å²) < 4.78 is 29.8. The van der Waals surface area contributed by atoms with Gasteiger partial charge in [0.2, 0.25) is 12.7 Å². The van der Waals surface area contributed by atoms with Crippen molar-refractivity contribution < 1.29 is 38.1 Å². The molecule has 7 rings (SSSR count). The molecule has 2 bridgehead atoms. The third-order valence-corrected chi connectivity index (χ3v) is 11.0. The van der Waals surface area contributed by atoms with Crippen molar-refractivity contribution in [1.29, 1.82) is 5.26 Å². The van der Waals surface area contributed by atoms with Gasteiger partial charge in [-0.25, -0.2) is 0 Å². The Balaban J connectivity index is 1.40. The monoisotopic (exact) mass is 728 g/mol. The van der Waals surface area contributed by atoms with Crippen LogP contribution < -0.4 is 29.0 Å². The van der Waals surface area contributed by atoms with E-state index in [1.54, 1.807) is 14.0 Å². The quantitative estimate of drug-likeness (QED) is 0.187.